The third-order valence-electron chi connectivity index (χ3n) is 2.91. The van der Waals surface area contributed by atoms with Crippen molar-refractivity contribution in [2.75, 3.05) is 6.61 Å². The fraction of sp³-hybridized carbons (Fsp3) is 0.500. The van der Waals surface area contributed by atoms with Gasteiger partial charge in [0, 0.05) is 5.25 Å². The lowest BCUT2D eigenvalue weighted by Crippen LogP contribution is -2.04. The van der Waals surface area contributed by atoms with Crippen LogP contribution in [-0.2, 0) is 0 Å². The smallest absolute Gasteiger partial charge is 0.165 e. The van der Waals surface area contributed by atoms with E-state index in [0.717, 1.165) is 18.5 Å². The summed E-state index contributed by atoms with van der Waals surface area (Å²) in [6.45, 7) is 0.226. The molecule has 2 atom stereocenters. The Kier molecular flexibility index (Phi) is 2.94. The highest BCUT2D eigenvalue weighted by atomic mass is 35.5. The number of aliphatic hydroxyl groups is 1. The molecule has 0 aliphatic carbocycles. The number of hydrogen-bond donors (Lipinski definition) is 1. The first-order valence-electron chi connectivity index (χ1n) is 5.39. The molecule has 1 N–H and O–H groups in total. The van der Waals surface area contributed by atoms with Crippen molar-refractivity contribution >= 4 is 34.5 Å². The zero-order valence-corrected chi connectivity index (χ0v) is 10.5. The average Bonchev–Trinajstić information content (AvgIpc) is 2.94. The summed E-state index contributed by atoms with van der Waals surface area (Å²) in [5.74, 6) is 0. The fourth-order valence-electron chi connectivity index (χ4n) is 2.06. The maximum atomic E-state index is 9.15. The van der Waals surface area contributed by atoms with E-state index in [0.29, 0.717) is 15.9 Å². The molecule has 1 aliphatic heterocycles. The second kappa shape index (κ2) is 4.44. The molecule has 3 heterocycles. The van der Waals surface area contributed by atoms with Crippen LogP contribution in [0.1, 0.15) is 18.2 Å². The van der Waals surface area contributed by atoms with Gasteiger partial charge in [0.25, 0.3) is 0 Å². The van der Waals surface area contributed by atoms with E-state index in [-0.39, 0.29) is 12.0 Å². The van der Waals surface area contributed by atoms with Gasteiger partial charge in [-0.05, 0) is 12.8 Å². The molecule has 1 aliphatic rings. The molecule has 0 amide bonds. The van der Waals surface area contributed by atoms with Gasteiger partial charge in [-0.25, -0.2) is 15.0 Å². The minimum atomic E-state index is 0.226. The summed E-state index contributed by atoms with van der Waals surface area (Å²) in [7, 11) is 0. The lowest BCUT2D eigenvalue weighted by Gasteiger charge is -2.11. The molecule has 1 fully saturated rings. The maximum Gasteiger partial charge on any atom is 0.165 e. The normalized spacial score (nSPS) is 24.6. The monoisotopic (exact) mass is 270 g/mol. The van der Waals surface area contributed by atoms with E-state index in [2.05, 4.69) is 15.0 Å². The van der Waals surface area contributed by atoms with E-state index in [9.17, 15) is 0 Å². The fourth-order valence-corrected chi connectivity index (χ4v) is 3.60. The molecule has 5 nitrogen and oxygen atoms in total. The van der Waals surface area contributed by atoms with Crippen LogP contribution in [0, 0.1) is 0 Å². The van der Waals surface area contributed by atoms with Crippen LogP contribution < -0.4 is 0 Å². The molecule has 2 aromatic rings. The summed E-state index contributed by atoms with van der Waals surface area (Å²) in [5, 5.41) is 10.1. The molecule has 3 rings (SSSR count). The van der Waals surface area contributed by atoms with Gasteiger partial charge in [-0.1, -0.05) is 11.6 Å². The molecule has 0 radical (unpaired) electrons. The summed E-state index contributed by atoms with van der Waals surface area (Å²) in [4.78, 5) is 12.4. The summed E-state index contributed by atoms with van der Waals surface area (Å²) in [6, 6.07) is 0. The van der Waals surface area contributed by atoms with E-state index >= 15 is 0 Å². The maximum absolute atomic E-state index is 9.15. The Morgan fingerprint density at radius 2 is 2.29 bits per heavy atom. The lowest BCUT2D eigenvalue weighted by atomic mass is 10.2. The van der Waals surface area contributed by atoms with Gasteiger partial charge < -0.3 is 9.67 Å². The predicted molar refractivity (Wildman–Crippen MR) is 67.1 cm³/mol. The van der Waals surface area contributed by atoms with Crippen LogP contribution in [0.4, 0.5) is 0 Å². The van der Waals surface area contributed by atoms with Crippen molar-refractivity contribution in [1.29, 1.82) is 0 Å². The summed E-state index contributed by atoms with van der Waals surface area (Å²) in [5.41, 5.74) is 1.41. The number of rotatable bonds is 2. The van der Waals surface area contributed by atoms with Crippen LogP contribution in [0.25, 0.3) is 11.2 Å². The van der Waals surface area contributed by atoms with Crippen LogP contribution in [0.15, 0.2) is 12.7 Å². The zero-order chi connectivity index (χ0) is 11.8. The van der Waals surface area contributed by atoms with Crippen molar-refractivity contribution in [2.45, 2.75) is 23.5 Å². The van der Waals surface area contributed by atoms with E-state index in [4.69, 9.17) is 16.7 Å². The highest BCUT2D eigenvalue weighted by molar-refractivity contribution is 8.00. The predicted octanol–water partition coefficient (Wildman–Crippen LogP) is 1.87. The third-order valence-corrected chi connectivity index (χ3v) is 4.74. The lowest BCUT2D eigenvalue weighted by molar-refractivity contribution is 0.292. The number of halogens is 1. The first-order chi connectivity index (χ1) is 8.29. The van der Waals surface area contributed by atoms with Crippen LogP contribution in [-0.4, -0.2) is 36.5 Å². The number of thioether (sulfide) groups is 1. The third kappa shape index (κ3) is 1.90. The van der Waals surface area contributed by atoms with Crippen molar-refractivity contribution in [3.63, 3.8) is 0 Å². The Morgan fingerprint density at radius 1 is 1.41 bits per heavy atom. The molecule has 0 aromatic carbocycles. The quantitative estimate of drug-likeness (QED) is 0.844. The highest BCUT2D eigenvalue weighted by Crippen LogP contribution is 2.42. The molecular formula is C10H11ClN4OS. The van der Waals surface area contributed by atoms with E-state index < -0.39 is 0 Å². The molecular weight excluding hydrogens is 260 g/mol. The number of imidazole rings is 1. The first kappa shape index (κ1) is 11.3. The van der Waals surface area contributed by atoms with Crippen LogP contribution in [0.3, 0.4) is 0 Å². The first-order valence-corrected chi connectivity index (χ1v) is 6.71. The van der Waals surface area contributed by atoms with E-state index in [1.165, 1.54) is 6.33 Å². The largest absolute Gasteiger partial charge is 0.395 e. The van der Waals surface area contributed by atoms with Gasteiger partial charge in [0.1, 0.15) is 11.8 Å². The van der Waals surface area contributed by atoms with Crippen molar-refractivity contribution in [3.05, 3.63) is 17.8 Å². The molecule has 2 unspecified atom stereocenters. The van der Waals surface area contributed by atoms with Crippen LogP contribution in [0.5, 0.6) is 0 Å². The average molecular weight is 271 g/mol. The topological polar surface area (TPSA) is 63.8 Å². The number of hydrogen-bond acceptors (Lipinski definition) is 5. The van der Waals surface area contributed by atoms with E-state index in [1.54, 1.807) is 18.1 Å². The Bertz CT molecular complexity index is 546. The Balaban J connectivity index is 1.99. The van der Waals surface area contributed by atoms with Gasteiger partial charge >= 0.3 is 0 Å². The van der Waals surface area contributed by atoms with Crippen LogP contribution in [0.2, 0.25) is 5.15 Å². The molecule has 0 bridgehead atoms. The highest BCUT2D eigenvalue weighted by Gasteiger charge is 2.27. The molecule has 17 heavy (non-hydrogen) atoms. The molecule has 7 heteroatoms. The minimum absolute atomic E-state index is 0.226. The number of nitrogens with zero attached hydrogens (tertiary/aromatic N) is 4. The number of aliphatic hydroxyl groups excluding tert-OH is 1. The second-order valence-corrected chi connectivity index (χ2v) is 5.80. The Labute approximate surface area is 107 Å². The van der Waals surface area contributed by atoms with Gasteiger partial charge in [0.15, 0.2) is 10.8 Å². The Hall–Kier alpha value is -0.850. The summed E-state index contributed by atoms with van der Waals surface area (Å²) >= 11 is 7.72. The van der Waals surface area contributed by atoms with Crippen molar-refractivity contribution < 1.29 is 5.11 Å². The van der Waals surface area contributed by atoms with E-state index in [1.807, 2.05) is 4.57 Å². The van der Waals surface area contributed by atoms with Gasteiger partial charge in [0.05, 0.1) is 18.3 Å². The molecule has 1 saturated heterocycles. The van der Waals surface area contributed by atoms with Crippen molar-refractivity contribution in [3.8, 4) is 0 Å². The van der Waals surface area contributed by atoms with Gasteiger partial charge in [-0.3, -0.25) is 0 Å². The van der Waals surface area contributed by atoms with Crippen molar-refractivity contribution in [2.24, 2.45) is 0 Å². The van der Waals surface area contributed by atoms with Crippen molar-refractivity contribution in [1.82, 2.24) is 19.5 Å². The van der Waals surface area contributed by atoms with Crippen LogP contribution >= 0.6 is 23.4 Å². The number of aromatic nitrogens is 4. The standard InChI is InChI=1S/C10H11ClN4OS/c11-9-8-10(13-4-12-9)15(5-14-8)7-2-1-6(3-16)17-7/h4-7,16H,1-3H2. The Morgan fingerprint density at radius 3 is 3.06 bits per heavy atom. The minimum Gasteiger partial charge on any atom is -0.395 e. The summed E-state index contributed by atoms with van der Waals surface area (Å²) < 4.78 is 2.02. The van der Waals surface area contributed by atoms with Gasteiger partial charge in [-0.15, -0.1) is 11.8 Å². The molecule has 90 valence electrons. The van der Waals surface area contributed by atoms with Gasteiger partial charge in [0.2, 0.25) is 0 Å². The number of fused-ring (bicyclic) bond motifs is 1. The van der Waals surface area contributed by atoms with Gasteiger partial charge in [-0.2, -0.15) is 0 Å². The molecule has 0 spiro atoms. The molecule has 0 saturated carbocycles. The second-order valence-electron chi connectivity index (χ2n) is 3.96. The summed E-state index contributed by atoms with van der Waals surface area (Å²) in [6.07, 6.45) is 5.24. The SMILES string of the molecule is OCC1CCC(n2cnc3c(Cl)ncnc32)S1. The zero-order valence-electron chi connectivity index (χ0n) is 8.95. The molecule has 2 aromatic heterocycles.